The quantitative estimate of drug-likeness (QED) is 0.622. The molecule has 1 fully saturated rings. The van der Waals surface area contributed by atoms with Crippen LogP contribution in [0.15, 0.2) is 29.2 Å². The van der Waals surface area contributed by atoms with Gasteiger partial charge in [-0.25, -0.2) is 4.79 Å². The first-order valence-electron chi connectivity index (χ1n) is 7.25. The summed E-state index contributed by atoms with van der Waals surface area (Å²) in [6.07, 6.45) is 1.82. The number of thioether (sulfide) groups is 1. The lowest BCUT2D eigenvalue weighted by molar-refractivity contribution is -0.124. The highest BCUT2D eigenvalue weighted by Gasteiger charge is 2.29. The Hall–Kier alpha value is -1.74. The van der Waals surface area contributed by atoms with E-state index in [0.29, 0.717) is 13.2 Å². The van der Waals surface area contributed by atoms with Crippen LogP contribution >= 0.6 is 11.8 Å². The minimum absolute atomic E-state index is 0.0108. The predicted octanol–water partition coefficient (Wildman–Crippen LogP) is 2.75. The van der Waals surface area contributed by atoms with Crippen molar-refractivity contribution < 1.29 is 32.2 Å². The molecule has 0 radical (unpaired) electrons. The van der Waals surface area contributed by atoms with Gasteiger partial charge in [-0.2, -0.15) is 13.2 Å². The van der Waals surface area contributed by atoms with E-state index in [2.05, 4.69) is 5.32 Å². The first-order chi connectivity index (χ1) is 11.3. The average molecular weight is 363 g/mol. The van der Waals surface area contributed by atoms with Crippen LogP contribution in [0.1, 0.15) is 23.2 Å². The van der Waals surface area contributed by atoms with Gasteiger partial charge in [0.05, 0.1) is 11.7 Å². The largest absolute Gasteiger partial charge is 0.452 e. The lowest BCUT2D eigenvalue weighted by atomic mass is 10.2. The summed E-state index contributed by atoms with van der Waals surface area (Å²) in [5.74, 6) is -1.23. The molecule has 132 valence electrons. The van der Waals surface area contributed by atoms with E-state index in [4.69, 9.17) is 9.47 Å². The van der Waals surface area contributed by atoms with Crippen molar-refractivity contribution in [1.82, 2.24) is 5.32 Å². The Balaban J connectivity index is 1.74. The third-order valence-corrected chi connectivity index (χ3v) is 3.95. The molecule has 0 saturated carbocycles. The molecule has 0 spiro atoms. The maximum Gasteiger partial charge on any atom is 0.446 e. The molecule has 1 aliphatic heterocycles. The van der Waals surface area contributed by atoms with Crippen LogP contribution < -0.4 is 5.32 Å². The molecule has 5 nitrogen and oxygen atoms in total. The number of ether oxygens (including phenoxy) is 2. The van der Waals surface area contributed by atoms with Gasteiger partial charge in [0.1, 0.15) is 0 Å². The first kappa shape index (κ1) is 18.6. The Labute approximate surface area is 140 Å². The second kappa shape index (κ2) is 8.39. The van der Waals surface area contributed by atoms with Crippen molar-refractivity contribution in [2.24, 2.45) is 0 Å². The molecule has 0 unspecified atom stereocenters. The number of carbonyl (C=O) groups is 2. The van der Waals surface area contributed by atoms with Crippen molar-refractivity contribution in [3.63, 3.8) is 0 Å². The van der Waals surface area contributed by atoms with Gasteiger partial charge < -0.3 is 14.8 Å². The molecule has 24 heavy (non-hydrogen) atoms. The molecule has 1 amide bonds. The fourth-order valence-electron chi connectivity index (χ4n) is 2.09. The van der Waals surface area contributed by atoms with Gasteiger partial charge in [0, 0.05) is 18.0 Å². The van der Waals surface area contributed by atoms with E-state index < -0.39 is 24.0 Å². The Morgan fingerprint density at radius 2 is 2.00 bits per heavy atom. The van der Waals surface area contributed by atoms with E-state index in [1.807, 2.05) is 0 Å². The van der Waals surface area contributed by atoms with Crippen molar-refractivity contribution in [2.45, 2.75) is 29.3 Å². The van der Waals surface area contributed by atoms with Crippen molar-refractivity contribution in [2.75, 3.05) is 19.8 Å². The minimum atomic E-state index is -4.39. The van der Waals surface area contributed by atoms with Crippen LogP contribution in [-0.4, -0.2) is 43.2 Å². The molecular formula is C15H16F3NO4S. The smallest absolute Gasteiger partial charge is 0.446 e. The SMILES string of the molecule is O=C(COC(=O)c1ccc(SC(F)(F)F)cc1)NC[C@H]1CCCO1. The lowest BCUT2D eigenvalue weighted by Crippen LogP contribution is -2.34. The molecule has 1 aromatic carbocycles. The predicted molar refractivity (Wildman–Crippen MR) is 80.6 cm³/mol. The molecule has 0 bridgehead atoms. The van der Waals surface area contributed by atoms with Gasteiger partial charge in [-0.05, 0) is 48.9 Å². The van der Waals surface area contributed by atoms with E-state index in [-0.39, 0.29) is 28.3 Å². The van der Waals surface area contributed by atoms with Crippen LogP contribution in [0.5, 0.6) is 0 Å². The van der Waals surface area contributed by atoms with Crippen molar-refractivity contribution in [1.29, 1.82) is 0 Å². The second-order valence-electron chi connectivity index (χ2n) is 5.09. The van der Waals surface area contributed by atoms with Crippen molar-refractivity contribution >= 4 is 23.6 Å². The Morgan fingerprint density at radius 1 is 1.29 bits per heavy atom. The molecule has 2 rings (SSSR count). The van der Waals surface area contributed by atoms with Crippen LogP contribution in [-0.2, 0) is 14.3 Å². The molecule has 1 N–H and O–H groups in total. The molecule has 0 aliphatic carbocycles. The minimum Gasteiger partial charge on any atom is -0.452 e. The summed E-state index contributed by atoms with van der Waals surface area (Å²) >= 11 is -0.270. The van der Waals surface area contributed by atoms with Gasteiger partial charge in [-0.3, -0.25) is 4.79 Å². The van der Waals surface area contributed by atoms with Crippen molar-refractivity contribution in [3.8, 4) is 0 Å². The Kier molecular flexibility index (Phi) is 6.50. The van der Waals surface area contributed by atoms with Crippen molar-refractivity contribution in [3.05, 3.63) is 29.8 Å². The molecule has 0 aromatic heterocycles. The third kappa shape index (κ3) is 6.40. The monoisotopic (exact) mass is 363 g/mol. The summed E-state index contributed by atoms with van der Waals surface area (Å²) in [6.45, 7) is 0.586. The number of hydrogen-bond acceptors (Lipinski definition) is 5. The number of hydrogen-bond donors (Lipinski definition) is 1. The summed E-state index contributed by atoms with van der Waals surface area (Å²) in [6, 6.07) is 4.79. The van der Waals surface area contributed by atoms with Gasteiger partial charge in [0.15, 0.2) is 6.61 Å². The van der Waals surface area contributed by atoms with Crippen LogP contribution in [0.25, 0.3) is 0 Å². The number of benzene rings is 1. The summed E-state index contributed by atoms with van der Waals surface area (Å²) in [5, 5.41) is 2.60. The zero-order chi connectivity index (χ0) is 17.6. The topological polar surface area (TPSA) is 64.6 Å². The fourth-order valence-corrected chi connectivity index (χ4v) is 2.63. The molecule has 1 aromatic rings. The molecule has 1 saturated heterocycles. The summed E-state index contributed by atoms with van der Waals surface area (Å²) in [4.78, 5) is 23.3. The van der Waals surface area contributed by atoms with Gasteiger partial charge in [-0.15, -0.1) is 0 Å². The third-order valence-electron chi connectivity index (χ3n) is 3.21. The zero-order valence-corrected chi connectivity index (χ0v) is 13.4. The van der Waals surface area contributed by atoms with E-state index in [1.54, 1.807) is 0 Å². The van der Waals surface area contributed by atoms with E-state index in [1.165, 1.54) is 24.3 Å². The highest BCUT2D eigenvalue weighted by atomic mass is 32.2. The number of alkyl halides is 3. The van der Waals surface area contributed by atoms with E-state index in [0.717, 1.165) is 12.8 Å². The number of carbonyl (C=O) groups excluding carboxylic acids is 2. The number of halogens is 3. The van der Waals surface area contributed by atoms with Gasteiger partial charge in [0.2, 0.25) is 0 Å². The highest BCUT2D eigenvalue weighted by molar-refractivity contribution is 8.00. The van der Waals surface area contributed by atoms with E-state index >= 15 is 0 Å². The first-order valence-corrected chi connectivity index (χ1v) is 8.06. The number of rotatable bonds is 6. The maximum atomic E-state index is 12.2. The summed E-state index contributed by atoms with van der Waals surface area (Å²) < 4.78 is 46.8. The van der Waals surface area contributed by atoms with Gasteiger partial charge in [0.25, 0.3) is 5.91 Å². The van der Waals surface area contributed by atoms with Crippen LogP contribution in [0.3, 0.4) is 0 Å². The zero-order valence-electron chi connectivity index (χ0n) is 12.6. The number of esters is 1. The van der Waals surface area contributed by atoms with Crippen LogP contribution in [0.4, 0.5) is 13.2 Å². The molecule has 1 heterocycles. The highest BCUT2D eigenvalue weighted by Crippen LogP contribution is 2.36. The molecule has 1 atom stereocenters. The Morgan fingerprint density at radius 3 is 2.58 bits per heavy atom. The van der Waals surface area contributed by atoms with Gasteiger partial charge in [-0.1, -0.05) is 0 Å². The van der Waals surface area contributed by atoms with Crippen LogP contribution in [0.2, 0.25) is 0 Å². The number of nitrogens with one attached hydrogen (secondary N) is 1. The van der Waals surface area contributed by atoms with Gasteiger partial charge >= 0.3 is 11.5 Å². The van der Waals surface area contributed by atoms with Crippen LogP contribution in [0, 0.1) is 0 Å². The fraction of sp³-hybridized carbons (Fsp3) is 0.467. The summed E-state index contributed by atoms with van der Waals surface area (Å²) in [5.41, 5.74) is -4.31. The lowest BCUT2D eigenvalue weighted by Gasteiger charge is -2.11. The van der Waals surface area contributed by atoms with E-state index in [9.17, 15) is 22.8 Å². The average Bonchev–Trinajstić information content (AvgIpc) is 3.03. The number of amides is 1. The molecular weight excluding hydrogens is 347 g/mol. The standard InChI is InChI=1S/C15H16F3NO4S/c16-15(17,18)24-12-5-3-10(4-6-12)14(21)23-9-13(20)19-8-11-2-1-7-22-11/h3-6,11H,1-2,7-9H2,(H,19,20)/t11-/m1/s1. The molecule has 9 heteroatoms. The molecule has 1 aliphatic rings. The Bertz CT molecular complexity index is 571. The summed E-state index contributed by atoms with van der Waals surface area (Å²) in [7, 11) is 0. The normalized spacial score (nSPS) is 17.5. The maximum absolute atomic E-state index is 12.2. The second-order valence-corrected chi connectivity index (χ2v) is 6.23.